The van der Waals surface area contributed by atoms with Crippen molar-refractivity contribution in [2.45, 2.75) is 6.92 Å². The average Bonchev–Trinajstić information content (AvgIpc) is 2.54. The molecule has 2 rings (SSSR count). The van der Waals surface area contributed by atoms with Gasteiger partial charge in [0.05, 0.1) is 4.47 Å². The largest absolute Gasteiger partial charge is 0.482 e. The average molecular weight is 452 g/mol. The lowest BCUT2D eigenvalue weighted by Crippen LogP contribution is -2.24. The third kappa shape index (κ3) is 5.94. The molecule has 0 aromatic heterocycles. The van der Waals surface area contributed by atoms with E-state index in [2.05, 4.69) is 42.4 Å². The number of nitrogens with one attached hydrogen (secondary N) is 1. The molecule has 1 N–H and O–H groups in total. The second-order valence-corrected chi connectivity index (χ2v) is 6.68. The summed E-state index contributed by atoms with van der Waals surface area (Å²) in [6.45, 7) is 1.80. The standard InChI is InChI=1S/C18H16Br2N2O2/c1-13-10-15(19)11-16(20)18(13)24-12-17(23)22-21-9-5-8-14-6-3-2-4-7-14/h2-11H,12H2,1H3,(H,22,23)/b8-5+,21-9+. The Balaban J connectivity index is 1.80. The van der Waals surface area contributed by atoms with Crippen molar-refractivity contribution in [2.75, 3.05) is 6.61 Å². The third-order valence-corrected chi connectivity index (χ3v) is 4.03. The molecule has 6 heteroatoms. The summed E-state index contributed by atoms with van der Waals surface area (Å²) >= 11 is 6.82. The molecular formula is C18H16Br2N2O2. The van der Waals surface area contributed by atoms with Crippen molar-refractivity contribution < 1.29 is 9.53 Å². The number of amides is 1. The summed E-state index contributed by atoms with van der Waals surface area (Å²) in [5.41, 5.74) is 4.41. The number of rotatable bonds is 6. The van der Waals surface area contributed by atoms with Gasteiger partial charge in [0, 0.05) is 10.7 Å². The number of benzene rings is 2. The van der Waals surface area contributed by atoms with E-state index in [-0.39, 0.29) is 12.5 Å². The van der Waals surface area contributed by atoms with Gasteiger partial charge in [-0.2, -0.15) is 5.10 Å². The van der Waals surface area contributed by atoms with Gasteiger partial charge in [-0.3, -0.25) is 4.79 Å². The Labute approximate surface area is 157 Å². The first-order chi connectivity index (χ1) is 11.6. The smallest absolute Gasteiger partial charge is 0.277 e. The van der Waals surface area contributed by atoms with Crippen molar-refractivity contribution in [1.82, 2.24) is 5.43 Å². The van der Waals surface area contributed by atoms with Crippen LogP contribution in [0.25, 0.3) is 6.08 Å². The molecular weight excluding hydrogens is 436 g/mol. The van der Waals surface area contributed by atoms with Crippen LogP contribution >= 0.6 is 31.9 Å². The number of hydrazone groups is 1. The minimum atomic E-state index is -0.325. The number of aryl methyl sites for hydroxylation is 1. The summed E-state index contributed by atoms with van der Waals surface area (Å²) in [6.07, 6.45) is 5.17. The van der Waals surface area contributed by atoms with Gasteiger partial charge in [-0.1, -0.05) is 52.3 Å². The Kier molecular flexibility index (Phi) is 7.21. The fourth-order valence-electron chi connectivity index (χ4n) is 1.91. The van der Waals surface area contributed by atoms with Crippen molar-refractivity contribution in [1.29, 1.82) is 0 Å². The molecule has 2 aromatic rings. The van der Waals surface area contributed by atoms with Crippen LogP contribution in [0.5, 0.6) is 5.75 Å². The molecule has 0 saturated heterocycles. The van der Waals surface area contributed by atoms with Crippen LogP contribution < -0.4 is 10.2 Å². The molecule has 0 atom stereocenters. The number of carbonyl (C=O) groups excluding carboxylic acids is 1. The van der Waals surface area contributed by atoms with Crippen LogP contribution in [0.4, 0.5) is 0 Å². The van der Waals surface area contributed by atoms with Gasteiger partial charge in [0.1, 0.15) is 5.75 Å². The van der Waals surface area contributed by atoms with E-state index in [1.165, 1.54) is 6.21 Å². The highest BCUT2D eigenvalue weighted by atomic mass is 79.9. The first-order valence-electron chi connectivity index (χ1n) is 7.18. The van der Waals surface area contributed by atoms with Crippen LogP contribution in [-0.2, 0) is 4.79 Å². The van der Waals surface area contributed by atoms with Crippen molar-refractivity contribution in [3.05, 3.63) is 68.6 Å². The Hall–Kier alpha value is -1.92. The summed E-state index contributed by atoms with van der Waals surface area (Å²) in [5.74, 6) is 0.315. The molecule has 124 valence electrons. The molecule has 0 aliphatic heterocycles. The second-order valence-electron chi connectivity index (χ2n) is 4.91. The van der Waals surface area contributed by atoms with Crippen LogP contribution in [0.3, 0.4) is 0 Å². The van der Waals surface area contributed by atoms with E-state index >= 15 is 0 Å². The van der Waals surface area contributed by atoms with Crippen LogP contribution in [0, 0.1) is 6.92 Å². The summed E-state index contributed by atoms with van der Waals surface area (Å²) in [4.78, 5) is 11.7. The zero-order chi connectivity index (χ0) is 17.4. The molecule has 0 radical (unpaired) electrons. The van der Waals surface area contributed by atoms with Gasteiger partial charge in [0.25, 0.3) is 5.91 Å². The number of nitrogens with zero attached hydrogens (tertiary/aromatic N) is 1. The van der Waals surface area contributed by atoms with Crippen molar-refractivity contribution >= 4 is 50.1 Å². The highest BCUT2D eigenvalue weighted by molar-refractivity contribution is 9.11. The lowest BCUT2D eigenvalue weighted by atomic mass is 10.2. The zero-order valence-corrected chi connectivity index (χ0v) is 16.2. The maximum atomic E-state index is 11.7. The molecule has 0 heterocycles. The lowest BCUT2D eigenvalue weighted by molar-refractivity contribution is -0.123. The third-order valence-electron chi connectivity index (χ3n) is 2.98. The van der Waals surface area contributed by atoms with E-state index in [1.807, 2.05) is 55.5 Å². The maximum absolute atomic E-state index is 11.7. The Morgan fingerprint density at radius 2 is 2.00 bits per heavy atom. The molecule has 0 bridgehead atoms. The minimum absolute atomic E-state index is 0.110. The minimum Gasteiger partial charge on any atom is -0.482 e. The number of hydrogen-bond donors (Lipinski definition) is 1. The van der Waals surface area contributed by atoms with Crippen LogP contribution in [-0.4, -0.2) is 18.7 Å². The number of hydrogen-bond acceptors (Lipinski definition) is 3. The Morgan fingerprint density at radius 3 is 2.71 bits per heavy atom. The number of carbonyl (C=O) groups is 1. The quantitative estimate of drug-likeness (QED) is 0.510. The first kappa shape index (κ1) is 18.4. The van der Waals surface area contributed by atoms with Gasteiger partial charge in [-0.15, -0.1) is 0 Å². The van der Waals surface area contributed by atoms with Crippen LogP contribution in [0.15, 0.2) is 62.6 Å². The fraction of sp³-hybridized carbons (Fsp3) is 0.111. The highest BCUT2D eigenvalue weighted by Crippen LogP contribution is 2.32. The topological polar surface area (TPSA) is 50.7 Å². The summed E-state index contributed by atoms with van der Waals surface area (Å²) < 4.78 is 7.27. The molecule has 0 spiro atoms. The summed E-state index contributed by atoms with van der Waals surface area (Å²) in [7, 11) is 0. The number of halogens is 2. The molecule has 24 heavy (non-hydrogen) atoms. The molecule has 2 aromatic carbocycles. The first-order valence-corrected chi connectivity index (χ1v) is 8.77. The highest BCUT2D eigenvalue weighted by Gasteiger charge is 2.09. The van der Waals surface area contributed by atoms with E-state index in [9.17, 15) is 4.79 Å². The van der Waals surface area contributed by atoms with E-state index in [0.29, 0.717) is 5.75 Å². The van der Waals surface area contributed by atoms with Gasteiger partial charge < -0.3 is 4.74 Å². The summed E-state index contributed by atoms with van der Waals surface area (Å²) in [6, 6.07) is 13.6. The summed E-state index contributed by atoms with van der Waals surface area (Å²) in [5, 5.41) is 3.85. The second kappa shape index (κ2) is 9.39. The van der Waals surface area contributed by atoms with E-state index in [1.54, 1.807) is 6.08 Å². The van der Waals surface area contributed by atoms with E-state index in [4.69, 9.17) is 4.74 Å². The normalized spacial score (nSPS) is 11.1. The SMILES string of the molecule is Cc1cc(Br)cc(Br)c1OCC(=O)N/N=C/C=C/c1ccccc1. The number of allylic oxidation sites excluding steroid dienone is 1. The fourth-order valence-corrected chi connectivity index (χ4v) is 3.47. The Bertz CT molecular complexity index is 736. The van der Waals surface area contributed by atoms with Gasteiger partial charge >= 0.3 is 0 Å². The van der Waals surface area contributed by atoms with Crippen LogP contribution in [0.1, 0.15) is 11.1 Å². The van der Waals surface area contributed by atoms with Gasteiger partial charge in [-0.25, -0.2) is 5.43 Å². The van der Waals surface area contributed by atoms with E-state index in [0.717, 1.165) is 20.1 Å². The predicted molar refractivity (Wildman–Crippen MR) is 104 cm³/mol. The van der Waals surface area contributed by atoms with Gasteiger partial charge in [0.15, 0.2) is 6.61 Å². The predicted octanol–water partition coefficient (Wildman–Crippen LogP) is 4.71. The number of ether oxygens (including phenoxy) is 1. The van der Waals surface area contributed by atoms with Gasteiger partial charge in [-0.05, 0) is 52.2 Å². The monoisotopic (exact) mass is 450 g/mol. The van der Waals surface area contributed by atoms with Crippen molar-refractivity contribution in [3.63, 3.8) is 0 Å². The van der Waals surface area contributed by atoms with Crippen molar-refractivity contribution in [3.8, 4) is 5.75 Å². The zero-order valence-electron chi connectivity index (χ0n) is 13.0. The molecule has 0 aliphatic carbocycles. The van der Waals surface area contributed by atoms with Crippen LogP contribution in [0.2, 0.25) is 0 Å². The van der Waals surface area contributed by atoms with Gasteiger partial charge in [0.2, 0.25) is 0 Å². The van der Waals surface area contributed by atoms with E-state index < -0.39 is 0 Å². The molecule has 0 aliphatic rings. The molecule has 0 saturated carbocycles. The molecule has 1 amide bonds. The Morgan fingerprint density at radius 1 is 1.25 bits per heavy atom. The molecule has 4 nitrogen and oxygen atoms in total. The van der Waals surface area contributed by atoms with Crippen molar-refractivity contribution in [2.24, 2.45) is 5.10 Å². The molecule has 0 unspecified atom stereocenters. The molecule has 0 fully saturated rings. The maximum Gasteiger partial charge on any atom is 0.277 e. The lowest BCUT2D eigenvalue weighted by Gasteiger charge is -2.10.